The highest BCUT2D eigenvalue weighted by Crippen LogP contribution is 2.37. The minimum absolute atomic E-state index is 0.0171. The SMILES string of the molecule is CN(C)C(=O)c1cnc(C2(C)CCN(C(=O)c3cnn(C)c3)CC2)s1. The first-order valence-electron chi connectivity index (χ1n) is 8.26. The average Bonchev–Trinajstić information content (AvgIpc) is 3.23. The van der Waals surface area contributed by atoms with E-state index in [-0.39, 0.29) is 17.2 Å². The Morgan fingerprint density at radius 2 is 1.92 bits per heavy atom. The first-order chi connectivity index (χ1) is 11.8. The number of carbonyl (C=O) groups excluding carboxylic acids is 2. The zero-order valence-electron chi connectivity index (χ0n) is 15.0. The smallest absolute Gasteiger partial charge is 0.265 e. The van der Waals surface area contributed by atoms with Gasteiger partial charge in [0.15, 0.2) is 0 Å². The summed E-state index contributed by atoms with van der Waals surface area (Å²) in [5.41, 5.74) is 0.528. The molecule has 3 rings (SSSR count). The van der Waals surface area contributed by atoms with Crippen LogP contribution in [0.3, 0.4) is 0 Å². The number of hydrogen-bond donors (Lipinski definition) is 0. The molecule has 0 radical (unpaired) electrons. The molecule has 2 aromatic heterocycles. The zero-order valence-corrected chi connectivity index (χ0v) is 15.8. The van der Waals surface area contributed by atoms with Gasteiger partial charge in [-0.05, 0) is 12.8 Å². The Balaban J connectivity index is 1.68. The van der Waals surface area contributed by atoms with Crippen molar-refractivity contribution in [3.05, 3.63) is 34.0 Å². The van der Waals surface area contributed by atoms with Crippen molar-refractivity contribution >= 4 is 23.2 Å². The van der Waals surface area contributed by atoms with Crippen LogP contribution in [0.4, 0.5) is 0 Å². The summed E-state index contributed by atoms with van der Waals surface area (Å²) in [6.07, 6.45) is 6.69. The van der Waals surface area contributed by atoms with Crippen molar-refractivity contribution in [2.45, 2.75) is 25.2 Å². The van der Waals surface area contributed by atoms with Crippen molar-refractivity contribution < 1.29 is 9.59 Å². The summed E-state index contributed by atoms with van der Waals surface area (Å²) < 4.78 is 1.64. The highest BCUT2D eigenvalue weighted by molar-refractivity contribution is 7.13. The number of likely N-dealkylation sites (tertiary alicyclic amines) is 1. The molecule has 0 N–H and O–H groups in total. The Morgan fingerprint density at radius 3 is 2.48 bits per heavy atom. The largest absolute Gasteiger partial charge is 0.344 e. The van der Waals surface area contributed by atoms with Crippen molar-refractivity contribution in [1.82, 2.24) is 24.6 Å². The summed E-state index contributed by atoms with van der Waals surface area (Å²) in [7, 11) is 5.29. The second-order valence-corrected chi connectivity index (χ2v) is 8.02. The predicted molar refractivity (Wildman–Crippen MR) is 95.8 cm³/mol. The third-order valence-electron chi connectivity index (χ3n) is 4.75. The number of amides is 2. The second-order valence-electron chi connectivity index (χ2n) is 6.98. The molecule has 1 aliphatic heterocycles. The van der Waals surface area contributed by atoms with Gasteiger partial charge in [-0.3, -0.25) is 14.3 Å². The van der Waals surface area contributed by atoms with E-state index in [1.54, 1.807) is 49.3 Å². The Bertz CT molecular complexity index is 787. The van der Waals surface area contributed by atoms with E-state index in [0.717, 1.165) is 17.8 Å². The summed E-state index contributed by atoms with van der Waals surface area (Å²) in [6.45, 7) is 3.53. The van der Waals surface area contributed by atoms with Gasteiger partial charge in [-0.25, -0.2) is 4.98 Å². The fourth-order valence-corrected chi connectivity index (χ4v) is 4.14. The van der Waals surface area contributed by atoms with E-state index in [9.17, 15) is 9.59 Å². The van der Waals surface area contributed by atoms with Crippen LogP contribution in [0.5, 0.6) is 0 Å². The Morgan fingerprint density at radius 1 is 1.24 bits per heavy atom. The molecule has 134 valence electrons. The van der Waals surface area contributed by atoms with E-state index in [1.165, 1.54) is 11.3 Å². The van der Waals surface area contributed by atoms with Crippen LogP contribution in [-0.2, 0) is 12.5 Å². The molecule has 0 aliphatic carbocycles. The average molecular weight is 361 g/mol. The second kappa shape index (κ2) is 6.59. The van der Waals surface area contributed by atoms with Crippen molar-refractivity contribution in [1.29, 1.82) is 0 Å². The van der Waals surface area contributed by atoms with Crippen molar-refractivity contribution in [3.63, 3.8) is 0 Å². The maximum Gasteiger partial charge on any atom is 0.265 e. The lowest BCUT2D eigenvalue weighted by molar-refractivity contribution is 0.0675. The van der Waals surface area contributed by atoms with Gasteiger partial charge in [-0.15, -0.1) is 11.3 Å². The Kier molecular flexibility index (Phi) is 4.64. The summed E-state index contributed by atoms with van der Waals surface area (Å²) >= 11 is 1.46. The van der Waals surface area contributed by atoms with Crippen LogP contribution in [0, 0.1) is 0 Å². The van der Waals surface area contributed by atoms with Crippen LogP contribution in [0.1, 0.15) is 44.8 Å². The van der Waals surface area contributed by atoms with Crippen LogP contribution >= 0.6 is 11.3 Å². The molecular weight excluding hydrogens is 338 g/mol. The first kappa shape index (κ1) is 17.6. The third-order valence-corrected chi connectivity index (χ3v) is 6.04. The monoisotopic (exact) mass is 361 g/mol. The van der Waals surface area contributed by atoms with Crippen LogP contribution < -0.4 is 0 Å². The highest BCUT2D eigenvalue weighted by atomic mass is 32.1. The summed E-state index contributed by atoms with van der Waals surface area (Å²) in [6, 6.07) is 0. The number of aromatic nitrogens is 3. The fourth-order valence-electron chi connectivity index (χ4n) is 3.00. The Hall–Kier alpha value is -2.22. The molecule has 2 amide bonds. The quantitative estimate of drug-likeness (QED) is 0.835. The van der Waals surface area contributed by atoms with E-state index >= 15 is 0 Å². The maximum absolute atomic E-state index is 12.5. The van der Waals surface area contributed by atoms with Gasteiger partial charge in [-0.2, -0.15) is 5.10 Å². The van der Waals surface area contributed by atoms with Crippen LogP contribution in [0.15, 0.2) is 18.6 Å². The van der Waals surface area contributed by atoms with Crippen molar-refractivity contribution in [3.8, 4) is 0 Å². The van der Waals surface area contributed by atoms with E-state index in [2.05, 4.69) is 17.0 Å². The molecule has 8 heteroatoms. The summed E-state index contributed by atoms with van der Waals surface area (Å²) in [5.74, 6) is 0.00862. The number of hydrogen-bond acceptors (Lipinski definition) is 5. The van der Waals surface area contributed by atoms with E-state index in [4.69, 9.17) is 0 Å². The van der Waals surface area contributed by atoms with Crippen LogP contribution in [0.25, 0.3) is 0 Å². The van der Waals surface area contributed by atoms with E-state index in [1.807, 2.05) is 4.90 Å². The molecule has 25 heavy (non-hydrogen) atoms. The topological polar surface area (TPSA) is 71.3 Å². The lowest BCUT2D eigenvalue weighted by atomic mass is 9.81. The predicted octanol–water partition coefficient (Wildman–Crippen LogP) is 1.77. The standard InChI is InChI=1S/C17H23N5O2S/c1-17(16-18-10-13(25-16)15(24)20(2)3)5-7-22(8-6-17)14(23)12-9-19-21(4)11-12/h9-11H,5-8H2,1-4H3. The third kappa shape index (κ3) is 3.44. The van der Waals surface area contributed by atoms with Gasteiger partial charge in [0.05, 0.1) is 23.0 Å². The molecule has 0 bridgehead atoms. The van der Waals surface area contributed by atoms with Gasteiger partial charge in [0.2, 0.25) is 0 Å². The first-order valence-corrected chi connectivity index (χ1v) is 9.08. The van der Waals surface area contributed by atoms with Gasteiger partial charge < -0.3 is 9.80 Å². The van der Waals surface area contributed by atoms with Gasteiger partial charge in [0, 0.05) is 45.8 Å². The van der Waals surface area contributed by atoms with Crippen LogP contribution in [0.2, 0.25) is 0 Å². The number of nitrogens with zero attached hydrogens (tertiary/aromatic N) is 5. The molecule has 0 spiro atoms. The molecule has 0 saturated carbocycles. The number of thiazole rings is 1. The van der Waals surface area contributed by atoms with Gasteiger partial charge in [0.1, 0.15) is 4.88 Å². The number of carbonyl (C=O) groups is 2. The number of rotatable bonds is 3. The summed E-state index contributed by atoms with van der Waals surface area (Å²) in [5, 5.41) is 5.05. The number of piperidine rings is 1. The molecular formula is C17H23N5O2S. The maximum atomic E-state index is 12.5. The van der Waals surface area contributed by atoms with Crippen molar-refractivity contribution in [2.24, 2.45) is 7.05 Å². The van der Waals surface area contributed by atoms with Gasteiger partial charge in [0.25, 0.3) is 11.8 Å². The molecule has 0 unspecified atom stereocenters. The molecule has 0 aromatic carbocycles. The minimum atomic E-state index is -0.0960. The minimum Gasteiger partial charge on any atom is -0.344 e. The Labute approximate surface area is 151 Å². The van der Waals surface area contributed by atoms with Gasteiger partial charge >= 0.3 is 0 Å². The lowest BCUT2D eigenvalue weighted by Crippen LogP contribution is -2.43. The zero-order chi connectivity index (χ0) is 18.2. The van der Waals surface area contributed by atoms with E-state index in [0.29, 0.717) is 23.5 Å². The molecule has 1 saturated heterocycles. The fraction of sp³-hybridized carbons (Fsp3) is 0.529. The molecule has 0 atom stereocenters. The number of aryl methyl sites for hydroxylation is 1. The normalized spacial score (nSPS) is 16.7. The summed E-state index contributed by atoms with van der Waals surface area (Å²) in [4.78, 5) is 33.2. The van der Waals surface area contributed by atoms with Crippen LogP contribution in [-0.4, -0.2) is 63.6 Å². The molecule has 2 aromatic rings. The van der Waals surface area contributed by atoms with Crippen molar-refractivity contribution in [2.75, 3.05) is 27.2 Å². The molecule has 7 nitrogen and oxygen atoms in total. The highest BCUT2D eigenvalue weighted by Gasteiger charge is 2.36. The van der Waals surface area contributed by atoms with Gasteiger partial charge in [-0.1, -0.05) is 6.92 Å². The van der Waals surface area contributed by atoms with E-state index < -0.39 is 0 Å². The molecule has 3 heterocycles. The molecule has 1 fully saturated rings. The molecule has 1 aliphatic rings. The lowest BCUT2D eigenvalue weighted by Gasteiger charge is -2.38.